The fourth-order valence-corrected chi connectivity index (χ4v) is 7.25. The first-order chi connectivity index (χ1) is 19.4. The van der Waals surface area contributed by atoms with Gasteiger partial charge in [-0.25, -0.2) is 0 Å². The summed E-state index contributed by atoms with van der Waals surface area (Å²) in [5.74, 6) is -1.04. The standard InChI is InChI=1S/C29H25N3O8/c1-39-26-17(10-35)40-29-24(25(26)36)31-15-4-2-11(8-33)6-13(15)18-20-21(28(38)30-27(20)37)19-14-7-12(9-34)3-5-16(14)32(29)23(19)22(18)31/h2-7,17,24-26,29,33-36H,8-10H2,1H3,(H,30,37,38)/t17-,24+,25-,26-,29-/m1/s1. The Morgan fingerprint density at radius 3 is 1.95 bits per heavy atom. The van der Waals surface area contributed by atoms with Crippen molar-refractivity contribution in [1.82, 2.24) is 14.5 Å². The Bertz CT molecular complexity index is 1960. The maximum Gasteiger partial charge on any atom is 0.259 e. The third-order valence-electron chi connectivity index (χ3n) is 8.82. The molecule has 8 rings (SSSR count). The molecule has 0 radical (unpaired) electrons. The van der Waals surface area contributed by atoms with Crippen LogP contribution in [-0.4, -0.2) is 73.4 Å². The van der Waals surface area contributed by atoms with E-state index < -0.39 is 42.4 Å². The number of ether oxygens (including phenoxy) is 2. The van der Waals surface area contributed by atoms with E-state index in [1.165, 1.54) is 7.11 Å². The predicted molar refractivity (Wildman–Crippen MR) is 143 cm³/mol. The van der Waals surface area contributed by atoms with Crippen LogP contribution in [-0.2, 0) is 22.7 Å². The minimum atomic E-state index is -1.11. The third-order valence-corrected chi connectivity index (χ3v) is 8.82. The van der Waals surface area contributed by atoms with E-state index in [2.05, 4.69) is 5.32 Å². The highest BCUT2D eigenvalue weighted by Crippen LogP contribution is 2.54. The smallest absolute Gasteiger partial charge is 0.259 e. The molecule has 2 amide bonds. The average molecular weight is 544 g/mol. The van der Waals surface area contributed by atoms with Gasteiger partial charge in [-0.05, 0) is 35.4 Å². The van der Waals surface area contributed by atoms with Crippen LogP contribution in [0, 0.1) is 0 Å². The van der Waals surface area contributed by atoms with Gasteiger partial charge in [0, 0.05) is 34.2 Å². The topological polar surface area (TPSA) is 155 Å². The van der Waals surface area contributed by atoms with Crippen LogP contribution in [0.1, 0.15) is 44.1 Å². The van der Waals surface area contributed by atoms with Crippen molar-refractivity contribution < 1.29 is 39.5 Å². The highest BCUT2D eigenvalue weighted by atomic mass is 16.6. The number of methoxy groups -OCH3 is 1. The van der Waals surface area contributed by atoms with Crippen LogP contribution in [0.15, 0.2) is 36.4 Å². The second-order valence-corrected chi connectivity index (χ2v) is 10.7. The zero-order valence-electron chi connectivity index (χ0n) is 21.3. The monoisotopic (exact) mass is 543 g/mol. The third kappa shape index (κ3) is 2.69. The molecular formula is C29H25N3O8. The zero-order chi connectivity index (χ0) is 27.6. The van der Waals surface area contributed by atoms with Gasteiger partial charge in [0.2, 0.25) is 0 Å². The fourth-order valence-electron chi connectivity index (χ4n) is 7.25. The lowest BCUT2D eigenvalue weighted by molar-refractivity contribution is -0.231. The van der Waals surface area contributed by atoms with Gasteiger partial charge < -0.3 is 39.0 Å². The molecule has 0 saturated carbocycles. The van der Waals surface area contributed by atoms with Crippen molar-refractivity contribution in [3.63, 3.8) is 0 Å². The van der Waals surface area contributed by atoms with E-state index >= 15 is 0 Å². The lowest BCUT2D eigenvalue weighted by Gasteiger charge is -2.47. The molecule has 0 unspecified atom stereocenters. The van der Waals surface area contributed by atoms with Crippen molar-refractivity contribution in [2.45, 2.75) is 43.8 Å². The molecule has 0 spiro atoms. The number of hydrogen-bond donors (Lipinski definition) is 5. The average Bonchev–Trinajstić information content (AvgIpc) is 3.58. The lowest BCUT2D eigenvalue weighted by Crippen LogP contribution is -2.55. The van der Waals surface area contributed by atoms with E-state index in [1.807, 2.05) is 21.3 Å². The van der Waals surface area contributed by atoms with Crippen molar-refractivity contribution in [3.8, 4) is 0 Å². The van der Waals surface area contributed by atoms with E-state index in [9.17, 15) is 30.0 Å². The summed E-state index contributed by atoms with van der Waals surface area (Å²) < 4.78 is 16.0. The summed E-state index contributed by atoms with van der Waals surface area (Å²) in [6, 6.07) is 10.1. The van der Waals surface area contributed by atoms with Gasteiger partial charge in [-0.15, -0.1) is 0 Å². The molecule has 2 aromatic heterocycles. The van der Waals surface area contributed by atoms with Crippen LogP contribution in [0.25, 0.3) is 43.6 Å². The number of aromatic nitrogens is 2. The van der Waals surface area contributed by atoms with E-state index in [4.69, 9.17) is 9.47 Å². The number of amides is 2. The molecule has 40 heavy (non-hydrogen) atoms. The number of aliphatic hydroxyl groups is 4. The summed E-state index contributed by atoms with van der Waals surface area (Å²) >= 11 is 0. The molecule has 11 nitrogen and oxygen atoms in total. The van der Waals surface area contributed by atoms with Gasteiger partial charge in [0.1, 0.15) is 24.4 Å². The molecular weight excluding hydrogens is 518 g/mol. The molecule has 1 saturated heterocycles. The lowest BCUT2D eigenvalue weighted by atomic mass is 9.92. The Morgan fingerprint density at radius 2 is 1.43 bits per heavy atom. The molecule has 5 N–H and O–H groups in total. The molecule has 0 bridgehead atoms. The van der Waals surface area contributed by atoms with E-state index in [0.29, 0.717) is 54.7 Å². The van der Waals surface area contributed by atoms with E-state index in [1.54, 1.807) is 24.3 Å². The van der Waals surface area contributed by atoms with Gasteiger partial charge in [-0.3, -0.25) is 14.9 Å². The minimum absolute atomic E-state index is 0.217. The molecule has 0 aliphatic carbocycles. The van der Waals surface area contributed by atoms with Gasteiger partial charge in [0.15, 0.2) is 6.23 Å². The molecule has 3 aliphatic rings. The number of fused-ring (bicyclic) bond motifs is 12. The largest absolute Gasteiger partial charge is 0.394 e. The summed E-state index contributed by atoms with van der Waals surface area (Å²) in [4.78, 5) is 26.8. The van der Waals surface area contributed by atoms with E-state index in [-0.39, 0.29) is 30.9 Å². The first-order valence-corrected chi connectivity index (χ1v) is 13.1. The van der Waals surface area contributed by atoms with Gasteiger partial charge in [-0.2, -0.15) is 0 Å². The maximum atomic E-state index is 13.4. The number of aliphatic hydroxyl groups excluding tert-OH is 4. The minimum Gasteiger partial charge on any atom is -0.394 e. The first-order valence-electron chi connectivity index (χ1n) is 13.1. The zero-order valence-corrected chi connectivity index (χ0v) is 21.3. The predicted octanol–water partition coefficient (Wildman–Crippen LogP) is 1.59. The molecule has 5 heterocycles. The van der Waals surface area contributed by atoms with Crippen LogP contribution in [0.3, 0.4) is 0 Å². The number of hydrogen-bond acceptors (Lipinski definition) is 8. The van der Waals surface area contributed by atoms with Crippen molar-refractivity contribution in [3.05, 3.63) is 58.7 Å². The Hall–Kier alpha value is -3.84. The summed E-state index contributed by atoms with van der Waals surface area (Å²) in [5, 5.41) is 46.7. The number of nitrogens with one attached hydrogen (secondary N) is 1. The normalized spacial score (nSPS) is 25.5. The number of nitrogens with zero attached hydrogens (tertiary/aromatic N) is 2. The van der Waals surface area contributed by atoms with Crippen LogP contribution in [0.5, 0.6) is 0 Å². The van der Waals surface area contributed by atoms with Crippen LogP contribution in [0.4, 0.5) is 0 Å². The SMILES string of the molecule is CO[C@H]1[C@H](O)[C@H]2[C@@H](O[C@@H]1CO)n1c3ccc(CO)cc3c3c4c(c5c6cc(CO)ccc6n2c5c31)C(=O)NC4=O. The quantitative estimate of drug-likeness (QED) is 0.214. The Morgan fingerprint density at radius 1 is 0.875 bits per heavy atom. The van der Waals surface area contributed by atoms with Crippen molar-refractivity contribution >= 4 is 55.4 Å². The number of rotatable bonds is 4. The van der Waals surface area contributed by atoms with E-state index in [0.717, 1.165) is 0 Å². The molecule has 11 heteroatoms. The van der Waals surface area contributed by atoms with Crippen LogP contribution >= 0.6 is 0 Å². The Labute approximate surface area is 225 Å². The highest BCUT2D eigenvalue weighted by Gasteiger charge is 2.51. The van der Waals surface area contributed by atoms with Crippen molar-refractivity contribution in [1.29, 1.82) is 0 Å². The Kier molecular flexibility index (Phi) is 4.86. The molecule has 5 aromatic rings. The Balaban J connectivity index is 1.66. The summed E-state index contributed by atoms with van der Waals surface area (Å²) in [6.45, 7) is -0.818. The van der Waals surface area contributed by atoms with Gasteiger partial charge in [-0.1, -0.05) is 12.1 Å². The van der Waals surface area contributed by atoms with Gasteiger partial charge in [0.25, 0.3) is 11.8 Å². The maximum absolute atomic E-state index is 13.4. The number of benzene rings is 3. The van der Waals surface area contributed by atoms with Gasteiger partial charge in [0.05, 0.1) is 47.5 Å². The summed E-state index contributed by atoms with van der Waals surface area (Å²) in [5.41, 5.74) is 4.41. The first kappa shape index (κ1) is 24.0. The van der Waals surface area contributed by atoms with Crippen LogP contribution in [0.2, 0.25) is 0 Å². The summed E-state index contributed by atoms with van der Waals surface area (Å²) in [6.07, 6.45) is -3.59. The molecule has 1 fully saturated rings. The molecule has 3 aliphatic heterocycles. The number of carbonyl (C=O) groups is 2. The second kappa shape index (κ2) is 8.10. The van der Waals surface area contributed by atoms with Gasteiger partial charge >= 0.3 is 0 Å². The number of imide groups is 1. The van der Waals surface area contributed by atoms with Crippen molar-refractivity contribution in [2.75, 3.05) is 13.7 Å². The molecule has 3 aromatic carbocycles. The van der Waals surface area contributed by atoms with Crippen molar-refractivity contribution in [2.24, 2.45) is 0 Å². The molecule has 5 atom stereocenters. The highest BCUT2D eigenvalue weighted by molar-refractivity contribution is 6.39. The number of carbonyl (C=O) groups excluding carboxylic acids is 2. The molecule has 204 valence electrons. The van der Waals surface area contributed by atoms with Crippen LogP contribution < -0.4 is 5.32 Å². The fraction of sp³-hybridized carbons (Fsp3) is 0.310. The summed E-state index contributed by atoms with van der Waals surface area (Å²) in [7, 11) is 1.45. The second-order valence-electron chi connectivity index (χ2n) is 10.7.